The summed E-state index contributed by atoms with van der Waals surface area (Å²) < 4.78 is 27.0. The molecule has 0 heterocycles. The average Bonchev–Trinajstić information content (AvgIpc) is 3.44. The highest BCUT2D eigenvalue weighted by molar-refractivity contribution is 7.92. The largest absolute Gasteiger partial charge is 0.352 e. The Morgan fingerprint density at radius 2 is 1.55 bits per heavy atom. The zero-order valence-electron chi connectivity index (χ0n) is 22.9. The third-order valence-electron chi connectivity index (χ3n) is 7.29. The molecule has 2 amide bonds. The first-order chi connectivity index (χ1) is 19.1. The number of carbonyl (C=O) groups is 2. The van der Waals surface area contributed by atoms with Crippen LogP contribution in [0.4, 0.5) is 5.69 Å². The summed E-state index contributed by atoms with van der Waals surface area (Å²) in [4.78, 5) is 29.5. The molecule has 1 saturated carbocycles. The third kappa shape index (κ3) is 7.86. The second-order valence-corrected chi connectivity index (χ2v) is 12.7. The molecule has 0 bridgehead atoms. The summed E-state index contributed by atoms with van der Waals surface area (Å²) in [5.74, 6) is -0.707. The summed E-state index contributed by atoms with van der Waals surface area (Å²) >= 11 is 6.21. The molecular formula is C31H36ClN3O4S. The molecule has 1 aliphatic carbocycles. The minimum absolute atomic E-state index is 0.0704. The molecular weight excluding hydrogens is 546 g/mol. The molecule has 0 spiro atoms. The molecule has 1 aliphatic rings. The highest BCUT2D eigenvalue weighted by atomic mass is 35.5. The first-order valence-corrected chi connectivity index (χ1v) is 15.8. The number of sulfonamides is 1. The second-order valence-electron chi connectivity index (χ2n) is 10.4. The number of hydrogen-bond donors (Lipinski definition) is 1. The number of nitrogens with one attached hydrogen (secondary N) is 1. The van der Waals surface area contributed by atoms with Crippen LogP contribution in [0.3, 0.4) is 0 Å². The lowest BCUT2D eigenvalue weighted by atomic mass is 10.0. The van der Waals surface area contributed by atoms with E-state index >= 15 is 0 Å². The molecule has 4 rings (SSSR count). The van der Waals surface area contributed by atoms with Crippen LogP contribution in [0.5, 0.6) is 0 Å². The number of carbonyl (C=O) groups excluding carboxylic acids is 2. The number of halogens is 1. The number of aryl methyl sites for hydroxylation is 1. The molecule has 3 aromatic carbocycles. The first kappa shape index (κ1) is 29.6. The Kier molecular flexibility index (Phi) is 9.87. The van der Waals surface area contributed by atoms with Gasteiger partial charge >= 0.3 is 0 Å². The van der Waals surface area contributed by atoms with Gasteiger partial charge in [-0.15, -0.1) is 0 Å². The van der Waals surface area contributed by atoms with E-state index in [2.05, 4.69) is 5.32 Å². The van der Waals surface area contributed by atoms with Gasteiger partial charge in [-0.1, -0.05) is 91.2 Å². The van der Waals surface area contributed by atoms with Gasteiger partial charge in [0.15, 0.2) is 0 Å². The van der Waals surface area contributed by atoms with E-state index in [0.29, 0.717) is 22.7 Å². The van der Waals surface area contributed by atoms with E-state index in [1.54, 1.807) is 25.1 Å². The number of amides is 2. The fraction of sp³-hybridized carbons (Fsp3) is 0.355. The molecule has 1 N–H and O–H groups in total. The van der Waals surface area contributed by atoms with Gasteiger partial charge in [-0.2, -0.15) is 0 Å². The van der Waals surface area contributed by atoms with Crippen molar-refractivity contribution in [3.05, 3.63) is 101 Å². The fourth-order valence-corrected chi connectivity index (χ4v) is 6.21. The SMILES string of the molecule is Cc1ccc(Cl)cc1N(CC(=O)N(Cc1ccccc1)[C@@H](Cc1ccccc1)C(=O)NC1CCCC1)S(C)(=O)=O. The second kappa shape index (κ2) is 13.3. The van der Waals surface area contributed by atoms with Gasteiger partial charge in [0.05, 0.1) is 11.9 Å². The Morgan fingerprint density at radius 3 is 2.15 bits per heavy atom. The number of hydrogen-bond acceptors (Lipinski definition) is 4. The molecule has 0 aliphatic heterocycles. The summed E-state index contributed by atoms with van der Waals surface area (Å²) in [5, 5.41) is 3.53. The van der Waals surface area contributed by atoms with Crippen molar-refractivity contribution in [3.8, 4) is 0 Å². The van der Waals surface area contributed by atoms with Crippen molar-refractivity contribution in [2.75, 3.05) is 17.1 Å². The van der Waals surface area contributed by atoms with Gasteiger partial charge in [-0.25, -0.2) is 8.42 Å². The molecule has 1 fully saturated rings. The van der Waals surface area contributed by atoms with E-state index < -0.39 is 28.5 Å². The van der Waals surface area contributed by atoms with E-state index in [-0.39, 0.29) is 18.5 Å². The van der Waals surface area contributed by atoms with Crippen molar-refractivity contribution in [2.45, 2.75) is 57.7 Å². The van der Waals surface area contributed by atoms with Crippen molar-refractivity contribution in [1.82, 2.24) is 10.2 Å². The van der Waals surface area contributed by atoms with Crippen LogP contribution in [0.15, 0.2) is 78.9 Å². The van der Waals surface area contributed by atoms with Crippen LogP contribution in [0, 0.1) is 6.92 Å². The first-order valence-electron chi connectivity index (χ1n) is 13.5. The lowest BCUT2D eigenvalue weighted by Gasteiger charge is -2.34. The number of rotatable bonds is 11. The van der Waals surface area contributed by atoms with Crippen LogP contribution in [0.1, 0.15) is 42.4 Å². The van der Waals surface area contributed by atoms with E-state index in [1.807, 2.05) is 60.7 Å². The van der Waals surface area contributed by atoms with Crippen molar-refractivity contribution in [1.29, 1.82) is 0 Å². The van der Waals surface area contributed by atoms with Crippen molar-refractivity contribution < 1.29 is 18.0 Å². The van der Waals surface area contributed by atoms with Crippen LogP contribution in [0.25, 0.3) is 0 Å². The molecule has 1 atom stereocenters. The number of nitrogens with zero attached hydrogens (tertiary/aromatic N) is 2. The topological polar surface area (TPSA) is 86.8 Å². The highest BCUT2D eigenvalue weighted by Crippen LogP contribution is 2.27. The molecule has 0 radical (unpaired) electrons. The maximum Gasteiger partial charge on any atom is 0.244 e. The minimum Gasteiger partial charge on any atom is -0.352 e. The van der Waals surface area contributed by atoms with Crippen molar-refractivity contribution >= 4 is 39.1 Å². The standard InChI is InChI=1S/C31H36ClN3O4S/c1-23-17-18-26(32)20-28(23)35(40(2,38)39)22-30(36)34(21-25-13-7-4-8-14-25)29(19-24-11-5-3-6-12-24)31(37)33-27-15-9-10-16-27/h3-8,11-14,17-18,20,27,29H,9-10,15-16,19,21-22H2,1-2H3,(H,33,37)/t29-/m0/s1. The lowest BCUT2D eigenvalue weighted by molar-refractivity contribution is -0.140. The Morgan fingerprint density at radius 1 is 0.950 bits per heavy atom. The smallest absolute Gasteiger partial charge is 0.244 e. The predicted octanol–water partition coefficient (Wildman–Crippen LogP) is 5.11. The zero-order valence-corrected chi connectivity index (χ0v) is 24.5. The summed E-state index contributed by atoms with van der Waals surface area (Å²) in [5.41, 5.74) is 2.74. The molecule has 9 heteroatoms. The molecule has 3 aromatic rings. The molecule has 0 unspecified atom stereocenters. The van der Waals surface area contributed by atoms with E-state index in [1.165, 1.54) is 4.90 Å². The molecule has 0 aromatic heterocycles. The van der Waals surface area contributed by atoms with Gasteiger partial charge in [0.2, 0.25) is 21.8 Å². The lowest BCUT2D eigenvalue weighted by Crippen LogP contribution is -2.54. The summed E-state index contributed by atoms with van der Waals surface area (Å²) in [6.45, 7) is 1.46. The quantitative estimate of drug-likeness (QED) is 0.341. The van der Waals surface area contributed by atoms with Gasteiger partial charge in [0.25, 0.3) is 0 Å². The van der Waals surface area contributed by atoms with Crippen LogP contribution >= 0.6 is 11.6 Å². The minimum atomic E-state index is -3.86. The number of anilines is 1. The van der Waals surface area contributed by atoms with Crippen LogP contribution in [-0.4, -0.2) is 50.0 Å². The van der Waals surface area contributed by atoms with E-state index in [0.717, 1.165) is 47.4 Å². The normalized spacial score (nSPS) is 14.5. The maximum atomic E-state index is 14.2. The Labute approximate surface area is 242 Å². The summed E-state index contributed by atoms with van der Waals surface area (Å²) in [6, 6.07) is 23.2. The molecule has 0 saturated heterocycles. The highest BCUT2D eigenvalue weighted by Gasteiger charge is 2.34. The molecule has 40 heavy (non-hydrogen) atoms. The summed E-state index contributed by atoms with van der Waals surface area (Å²) in [7, 11) is -3.86. The van der Waals surface area contributed by atoms with Crippen LogP contribution in [0.2, 0.25) is 5.02 Å². The van der Waals surface area contributed by atoms with Gasteiger partial charge in [0.1, 0.15) is 12.6 Å². The molecule has 7 nitrogen and oxygen atoms in total. The van der Waals surface area contributed by atoms with Gasteiger partial charge < -0.3 is 10.2 Å². The summed E-state index contributed by atoms with van der Waals surface area (Å²) in [6.07, 6.45) is 5.30. The van der Waals surface area contributed by atoms with E-state index in [9.17, 15) is 18.0 Å². The van der Waals surface area contributed by atoms with Crippen molar-refractivity contribution in [2.24, 2.45) is 0 Å². The Balaban J connectivity index is 1.73. The van der Waals surface area contributed by atoms with Crippen molar-refractivity contribution in [3.63, 3.8) is 0 Å². The fourth-order valence-electron chi connectivity index (χ4n) is 5.15. The monoisotopic (exact) mass is 581 g/mol. The average molecular weight is 582 g/mol. The molecule has 212 valence electrons. The zero-order chi connectivity index (χ0) is 28.7. The van der Waals surface area contributed by atoms with Crippen LogP contribution < -0.4 is 9.62 Å². The predicted molar refractivity (Wildman–Crippen MR) is 160 cm³/mol. The van der Waals surface area contributed by atoms with Gasteiger partial charge in [0, 0.05) is 24.0 Å². The van der Waals surface area contributed by atoms with Crippen LogP contribution in [-0.2, 0) is 32.6 Å². The maximum absolute atomic E-state index is 14.2. The van der Waals surface area contributed by atoms with E-state index in [4.69, 9.17) is 11.6 Å². The number of benzene rings is 3. The van der Waals surface area contributed by atoms with Gasteiger partial charge in [-0.3, -0.25) is 13.9 Å². The Hall–Kier alpha value is -3.36. The third-order valence-corrected chi connectivity index (χ3v) is 8.65. The Bertz CT molecular complexity index is 1410. The van der Waals surface area contributed by atoms with Gasteiger partial charge in [-0.05, 0) is 48.6 Å².